The Hall–Kier alpha value is -0.250. The minimum Gasteiger partial charge on any atom is -0.222 e. The third-order valence-corrected chi connectivity index (χ3v) is 6.31. The predicted molar refractivity (Wildman–Crippen MR) is 68.6 cm³/mol. The summed E-state index contributed by atoms with van der Waals surface area (Å²) in [6.45, 7) is 2.21. The van der Waals surface area contributed by atoms with Gasteiger partial charge in [-0.3, -0.25) is 0 Å². The van der Waals surface area contributed by atoms with Crippen molar-refractivity contribution in [2.45, 2.75) is 11.1 Å². The monoisotopic (exact) mass is 338 g/mol. The highest BCUT2D eigenvalue weighted by molar-refractivity contribution is 8.02. The first-order valence-electron chi connectivity index (χ1n) is 4.97. The number of halogens is 1. The normalized spacial score (nSPS) is 10.8. The third kappa shape index (κ3) is 6.15. The van der Waals surface area contributed by atoms with Crippen molar-refractivity contribution in [3.05, 3.63) is 35.9 Å². The molecule has 2 rings (SSSR count). The molecule has 0 atom stereocenters. The second kappa shape index (κ2) is 7.51. The summed E-state index contributed by atoms with van der Waals surface area (Å²) in [4.78, 5) is 1.42. The lowest BCUT2D eigenvalue weighted by molar-refractivity contribution is -2.00. The maximum Gasteiger partial charge on any atom is 0.308 e. The van der Waals surface area contributed by atoms with Gasteiger partial charge in [0.15, 0.2) is 10.3 Å². The van der Waals surface area contributed by atoms with Gasteiger partial charge in [-0.25, -0.2) is 18.6 Å². The van der Waals surface area contributed by atoms with Crippen molar-refractivity contribution in [3.8, 4) is 10.4 Å². The molecule has 0 aliphatic carbocycles. The van der Waals surface area contributed by atoms with Crippen molar-refractivity contribution in [2.75, 3.05) is 6.26 Å². The molecule has 1 aromatic carbocycles. The van der Waals surface area contributed by atoms with Crippen LogP contribution in [0, 0.1) is 17.2 Å². The van der Waals surface area contributed by atoms with Crippen LogP contribution in [0.15, 0.2) is 34.5 Å². The molecule has 0 unspecified atom stereocenters. The van der Waals surface area contributed by atoms with Crippen LogP contribution in [0.5, 0.6) is 0 Å². The second-order valence-electron chi connectivity index (χ2n) is 3.36. The second-order valence-corrected chi connectivity index (χ2v) is 7.34. The van der Waals surface area contributed by atoms with Crippen LogP contribution in [0.1, 0.15) is 5.56 Å². The van der Waals surface area contributed by atoms with E-state index < -0.39 is 10.2 Å². The predicted octanol–water partition coefficient (Wildman–Crippen LogP) is 0.0320. The van der Waals surface area contributed by atoms with E-state index in [1.165, 1.54) is 20.2 Å². The van der Waals surface area contributed by atoms with Gasteiger partial charge in [-0.1, -0.05) is 42.1 Å². The Morgan fingerprint density at radius 3 is 2.05 bits per heavy atom. The summed E-state index contributed by atoms with van der Waals surface area (Å²) >= 11 is 1.84. The molecule has 0 saturated carbocycles. The van der Waals surface area contributed by atoms with Crippen LogP contribution in [0.3, 0.4) is 0 Å². The topological polar surface area (TPSA) is 92.2 Å². The summed E-state index contributed by atoms with van der Waals surface area (Å²) in [5.41, 5.74) is 2.77. The Labute approximate surface area is 125 Å². The van der Waals surface area contributed by atoms with Gasteiger partial charge in [0, 0.05) is 5.56 Å². The average molecular weight is 339 g/mol. The SMILES string of the molecule is CSc1[s+]sc(-c2ccccc2)c1C.[O-][Cl+3]([O-])([O-])[O-]. The highest BCUT2D eigenvalue weighted by atomic mass is 35.7. The van der Waals surface area contributed by atoms with Crippen LogP contribution < -0.4 is 18.6 Å². The van der Waals surface area contributed by atoms with Crippen molar-refractivity contribution in [1.82, 2.24) is 0 Å². The summed E-state index contributed by atoms with van der Waals surface area (Å²) < 4.78 is 35.4. The minimum absolute atomic E-state index is 1.34. The fourth-order valence-electron chi connectivity index (χ4n) is 1.34. The van der Waals surface area contributed by atoms with Gasteiger partial charge in [0.25, 0.3) is 4.21 Å². The first-order chi connectivity index (χ1) is 8.83. The molecule has 1 aromatic heterocycles. The average Bonchev–Trinajstić information content (AvgIpc) is 2.69. The Kier molecular flexibility index (Phi) is 6.64. The van der Waals surface area contributed by atoms with E-state index in [-0.39, 0.29) is 0 Å². The number of thioether (sulfide) groups is 1. The van der Waals surface area contributed by atoms with Gasteiger partial charge in [-0.05, 0) is 18.7 Å². The van der Waals surface area contributed by atoms with E-state index in [2.05, 4.69) is 43.5 Å². The van der Waals surface area contributed by atoms with E-state index in [0.717, 1.165) is 0 Å². The first-order valence-corrected chi connectivity index (χ1v) is 9.57. The van der Waals surface area contributed by atoms with Crippen LogP contribution in [-0.2, 0) is 0 Å². The number of rotatable bonds is 2. The maximum atomic E-state index is 8.49. The lowest BCUT2D eigenvalue weighted by Crippen LogP contribution is -2.68. The molecule has 0 bridgehead atoms. The van der Waals surface area contributed by atoms with Gasteiger partial charge in [-0.15, -0.1) is 10.2 Å². The summed E-state index contributed by atoms with van der Waals surface area (Å²) in [5.74, 6) is 0. The Morgan fingerprint density at radius 2 is 1.63 bits per heavy atom. The molecular weight excluding hydrogens is 328 g/mol. The largest absolute Gasteiger partial charge is 0.308 e. The zero-order valence-corrected chi connectivity index (χ0v) is 13.3. The maximum absolute atomic E-state index is 8.49. The van der Waals surface area contributed by atoms with Crippen molar-refractivity contribution in [3.63, 3.8) is 0 Å². The standard InChI is InChI=1S/C11H11S3.ClHO4/c1-8-10(13-14-11(8)12-2)9-6-4-3-5-7-9;2-1(3,4)5/h3-7H,1-2H3;(H,2,3,4,5)/q+1;/p-1. The number of hydrogen-bond donors (Lipinski definition) is 0. The van der Waals surface area contributed by atoms with Gasteiger partial charge in [-0.2, -0.15) is 0 Å². The van der Waals surface area contributed by atoms with E-state index in [1.807, 2.05) is 32.4 Å². The molecule has 0 radical (unpaired) electrons. The van der Waals surface area contributed by atoms with Gasteiger partial charge in [0.05, 0.1) is 0 Å². The highest BCUT2D eigenvalue weighted by Crippen LogP contribution is 2.40. The molecule has 0 saturated heterocycles. The first kappa shape index (κ1) is 16.8. The molecule has 0 spiro atoms. The van der Waals surface area contributed by atoms with Crippen molar-refractivity contribution < 1.29 is 28.9 Å². The van der Waals surface area contributed by atoms with Crippen molar-refractivity contribution >= 4 is 32.4 Å². The van der Waals surface area contributed by atoms with E-state index in [4.69, 9.17) is 18.6 Å². The zero-order valence-electron chi connectivity index (χ0n) is 10.1. The number of benzene rings is 1. The van der Waals surface area contributed by atoms with E-state index in [9.17, 15) is 0 Å². The zero-order chi connectivity index (χ0) is 14.5. The smallest absolute Gasteiger partial charge is 0.222 e. The van der Waals surface area contributed by atoms with Gasteiger partial charge < -0.3 is 0 Å². The molecule has 19 heavy (non-hydrogen) atoms. The molecule has 104 valence electrons. The van der Waals surface area contributed by atoms with Gasteiger partial charge in [0.2, 0.25) is 0 Å². The van der Waals surface area contributed by atoms with Crippen LogP contribution >= 0.6 is 32.4 Å². The Bertz CT molecular complexity index is 504. The summed E-state index contributed by atoms with van der Waals surface area (Å²) in [7, 11) is -1.19. The molecule has 0 N–H and O–H groups in total. The van der Waals surface area contributed by atoms with Crippen molar-refractivity contribution in [2.24, 2.45) is 0 Å². The number of hydrogen-bond acceptors (Lipinski definition) is 6. The summed E-state index contributed by atoms with van der Waals surface area (Å²) in [6, 6.07) is 10.6. The van der Waals surface area contributed by atoms with Crippen LogP contribution in [0.2, 0.25) is 0 Å². The third-order valence-electron chi connectivity index (χ3n) is 2.07. The molecular formula is C11H11ClO4S3. The quantitative estimate of drug-likeness (QED) is 0.437. The van der Waals surface area contributed by atoms with E-state index in [1.54, 1.807) is 0 Å². The molecule has 1 heterocycles. The minimum atomic E-state index is -4.94. The molecule has 2 aromatic rings. The molecule has 0 aliphatic rings. The molecule has 4 nitrogen and oxygen atoms in total. The summed E-state index contributed by atoms with van der Waals surface area (Å²) in [5, 5.41) is 0. The fourth-order valence-corrected chi connectivity index (χ4v) is 5.43. The molecule has 0 amide bonds. The van der Waals surface area contributed by atoms with E-state index >= 15 is 0 Å². The van der Waals surface area contributed by atoms with Crippen LogP contribution in [0.4, 0.5) is 0 Å². The van der Waals surface area contributed by atoms with Gasteiger partial charge >= 0.3 is 10.3 Å². The van der Waals surface area contributed by atoms with E-state index in [0.29, 0.717) is 0 Å². The summed E-state index contributed by atoms with van der Waals surface area (Å²) in [6.07, 6.45) is 2.14. The molecule has 0 aliphatic heterocycles. The molecule has 8 heteroatoms. The van der Waals surface area contributed by atoms with Crippen LogP contribution in [-0.4, -0.2) is 6.26 Å². The van der Waals surface area contributed by atoms with Gasteiger partial charge in [0.1, 0.15) is 4.88 Å². The Morgan fingerprint density at radius 1 is 1.11 bits per heavy atom. The highest BCUT2D eigenvalue weighted by Gasteiger charge is 2.20. The lowest BCUT2D eigenvalue weighted by Gasteiger charge is -2.17. The van der Waals surface area contributed by atoms with Crippen LogP contribution in [0.25, 0.3) is 10.4 Å². The molecule has 0 fully saturated rings. The lowest BCUT2D eigenvalue weighted by atomic mass is 10.1. The van der Waals surface area contributed by atoms with Crippen molar-refractivity contribution in [1.29, 1.82) is 0 Å². The fraction of sp³-hybridized carbons (Fsp3) is 0.182. The Balaban J connectivity index is 0.000000312.